The number of anilines is 1. The maximum Gasteiger partial charge on any atom is 0.407 e. The molecule has 0 bridgehead atoms. The first-order valence-corrected chi connectivity index (χ1v) is 11.9. The Kier molecular flexibility index (Phi) is 6.65. The normalized spacial score (nSPS) is 19.2. The lowest BCUT2D eigenvalue weighted by Gasteiger charge is -2.36. The van der Waals surface area contributed by atoms with Crippen LogP contribution in [0.15, 0.2) is 46.3 Å². The number of alkyl halides is 2. The van der Waals surface area contributed by atoms with Crippen LogP contribution in [-0.4, -0.2) is 41.8 Å². The molecule has 1 aromatic carbocycles. The first-order chi connectivity index (χ1) is 17.9. The third-order valence-electron chi connectivity index (χ3n) is 7.10. The molecule has 0 amide bonds. The minimum absolute atomic E-state index is 0.0545. The summed E-state index contributed by atoms with van der Waals surface area (Å²) in [6.45, 7) is -2.98. The molecule has 1 saturated carbocycles. The van der Waals surface area contributed by atoms with Crippen molar-refractivity contribution in [1.82, 2.24) is 9.55 Å². The van der Waals surface area contributed by atoms with E-state index in [1.54, 1.807) is 37.4 Å². The number of benzene rings is 1. The second-order valence-electron chi connectivity index (χ2n) is 9.10. The summed E-state index contributed by atoms with van der Waals surface area (Å²) in [5.41, 5.74) is 2.96. The minimum Gasteiger partial charge on any atom is -0.454 e. The minimum atomic E-state index is -3.04. The summed E-state index contributed by atoms with van der Waals surface area (Å²) in [7, 11) is 3.58. The van der Waals surface area contributed by atoms with E-state index < -0.39 is 6.61 Å². The predicted molar refractivity (Wildman–Crippen MR) is 132 cm³/mol. The van der Waals surface area contributed by atoms with E-state index in [2.05, 4.69) is 21.0 Å². The smallest absolute Gasteiger partial charge is 0.407 e. The van der Waals surface area contributed by atoms with Crippen molar-refractivity contribution in [3.8, 4) is 17.6 Å². The highest BCUT2D eigenvalue weighted by atomic mass is 19.3. The molecule has 0 atom stereocenters. The Morgan fingerprint density at radius 1 is 1.24 bits per heavy atom. The van der Waals surface area contributed by atoms with Gasteiger partial charge in [-0.15, -0.1) is 0 Å². The van der Waals surface area contributed by atoms with Crippen molar-refractivity contribution in [3.05, 3.63) is 58.0 Å². The highest BCUT2D eigenvalue weighted by Crippen LogP contribution is 2.40. The first kappa shape index (κ1) is 24.5. The van der Waals surface area contributed by atoms with Crippen LogP contribution in [0.3, 0.4) is 0 Å². The Labute approximate surface area is 211 Å². The van der Waals surface area contributed by atoms with Crippen LogP contribution < -0.4 is 19.9 Å². The standard InChI is InChI=1S/C26H25F2N5O4/c1-32(20-12-22(34)33(2)19-11-8-16(13-29)30-24(19)20)17-9-6-15(7-10-17)23(31-37-26(27)28)18-4-3-5-21-25(18)36-14-35-21/h3-5,8,11-12,15,17,26H,6-7,9-10,14H2,1-2H3/b31-23-. The van der Waals surface area contributed by atoms with Gasteiger partial charge in [0.05, 0.1) is 16.9 Å². The molecule has 5 rings (SSSR count). The van der Waals surface area contributed by atoms with Crippen LogP contribution in [0.4, 0.5) is 14.5 Å². The number of aryl methyl sites for hydroxylation is 1. The largest absolute Gasteiger partial charge is 0.454 e. The number of hydrogen-bond acceptors (Lipinski definition) is 8. The monoisotopic (exact) mass is 509 g/mol. The number of para-hydroxylation sites is 1. The number of oxime groups is 1. The van der Waals surface area contributed by atoms with Crippen molar-refractivity contribution >= 4 is 22.4 Å². The molecule has 37 heavy (non-hydrogen) atoms. The highest BCUT2D eigenvalue weighted by Gasteiger charge is 2.32. The number of ether oxygens (including phenoxy) is 2. The average Bonchev–Trinajstić information content (AvgIpc) is 3.40. The van der Waals surface area contributed by atoms with Crippen molar-refractivity contribution in [2.24, 2.45) is 18.1 Å². The van der Waals surface area contributed by atoms with Crippen LogP contribution >= 0.6 is 0 Å². The van der Waals surface area contributed by atoms with E-state index in [4.69, 9.17) is 9.47 Å². The van der Waals surface area contributed by atoms with Gasteiger partial charge in [-0.1, -0.05) is 11.2 Å². The molecule has 9 nitrogen and oxygen atoms in total. The van der Waals surface area contributed by atoms with E-state index >= 15 is 0 Å². The fourth-order valence-corrected chi connectivity index (χ4v) is 5.15. The fraction of sp³-hybridized carbons (Fsp3) is 0.385. The molecule has 1 aliphatic heterocycles. The summed E-state index contributed by atoms with van der Waals surface area (Å²) in [5.74, 6) is 0.879. The molecule has 0 saturated heterocycles. The second-order valence-corrected chi connectivity index (χ2v) is 9.10. The molecule has 2 aromatic heterocycles. The van der Waals surface area contributed by atoms with Crippen molar-refractivity contribution < 1.29 is 23.1 Å². The summed E-state index contributed by atoms with van der Waals surface area (Å²) in [4.78, 5) is 23.5. The Balaban J connectivity index is 1.41. The van der Waals surface area contributed by atoms with Gasteiger partial charge in [0.2, 0.25) is 6.79 Å². The number of aromatic nitrogens is 2. The van der Waals surface area contributed by atoms with Crippen LogP contribution in [0.25, 0.3) is 11.0 Å². The lowest BCUT2D eigenvalue weighted by Crippen LogP contribution is -2.38. The molecular formula is C26H25F2N5O4. The quantitative estimate of drug-likeness (QED) is 0.363. The molecule has 1 aliphatic carbocycles. The van der Waals surface area contributed by atoms with Crippen LogP contribution in [-0.2, 0) is 11.9 Å². The summed E-state index contributed by atoms with van der Waals surface area (Å²) in [6, 6.07) is 12.3. The summed E-state index contributed by atoms with van der Waals surface area (Å²) >= 11 is 0. The van der Waals surface area contributed by atoms with E-state index in [1.807, 2.05) is 11.9 Å². The van der Waals surface area contributed by atoms with Crippen molar-refractivity contribution in [2.75, 3.05) is 18.7 Å². The molecule has 11 heteroatoms. The Hall–Kier alpha value is -4.20. The lowest BCUT2D eigenvalue weighted by atomic mass is 9.80. The molecule has 0 radical (unpaired) electrons. The van der Waals surface area contributed by atoms with Crippen LogP contribution in [0.1, 0.15) is 36.9 Å². The van der Waals surface area contributed by atoms with Gasteiger partial charge in [-0.05, 0) is 49.9 Å². The van der Waals surface area contributed by atoms with E-state index in [0.717, 1.165) is 12.8 Å². The molecule has 2 aliphatic rings. The topological polar surface area (TPSA) is 102 Å². The van der Waals surface area contributed by atoms with Crippen molar-refractivity contribution in [1.29, 1.82) is 5.26 Å². The molecule has 192 valence electrons. The second kappa shape index (κ2) is 10.0. The van der Waals surface area contributed by atoms with Gasteiger partial charge in [-0.2, -0.15) is 14.0 Å². The van der Waals surface area contributed by atoms with Crippen molar-refractivity contribution in [2.45, 2.75) is 38.3 Å². The van der Waals surface area contributed by atoms with Gasteiger partial charge in [-0.25, -0.2) is 4.98 Å². The van der Waals surface area contributed by atoms with E-state index in [0.29, 0.717) is 52.3 Å². The molecular weight excluding hydrogens is 484 g/mol. The third-order valence-corrected chi connectivity index (χ3v) is 7.10. The number of hydrogen-bond donors (Lipinski definition) is 0. The van der Waals surface area contributed by atoms with Gasteiger partial charge >= 0.3 is 6.61 Å². The molecule has 3 heterocycles. The molecule has 1 fully saturated rings. The first-order valence-electron chi connectivity index (χ1n) is 11.9. The molecule has 0 spiro atoms. The van der Waals surface area contributed by atoms with E-state index in [9.17, 15) is 18.8 Å². The third kappa shape index (κ3) is 4.67. The van der Waals surface area contributed by atoms with Gasteiger partial charge in [0.15, 0.2) is 11.5 Å². The highest BCUT2D eigenvalue weighted by molar-refractivity contribution is 6.05. The summed E-state index contributed by atoms with van der Waals surface area (Å²) in [6.07, 6.45) is 2.75. The summed E-state index contributed by atoms with van der Waals surface area (Å²) in [5, 5.41) is 13.2. The van der Waals surface area contributed by atoms with Gasteiger partial charge in [0.1, 0.15) is 17.3 Å². The number of pyridine rings is 2. The van der Waals surface area contributed by atoms with Crippen LogP contribution in [0.2, 0.25) is 0 Å². The number of nitriles is 1. The maximum atomic E-state index is 12.9. The molecule has 0 N–H and O–H groups in total. The van der Waals surface area contributed by atoms with Gasteiger partial charge in [0, 0.05) is 37.7 Å². The van der Waals surface area contributed by atoms with Gasteiger partial charge < -0.3 is 23.8 Å². The Morgan fingerprint density at radius 2 is 2.03 bits per heavy atom. The number of rotatable bonds is 6. The maximum absolute atomic E-state index is 12.9. The predicted octanol–water partition coefficient (Wildman–Crippen LogP) is 4.17. The van der Waals surface area contributed by atoms with Crippen molar-refractivity contribution in [3.63, 3.8) is 0 Å². The van der Waals surface area contributed by atoms with Gasteiger partial charge in [-0.3, -0.25) is 4.79 Å². The Morgan fingerprint density at radius 3 is 2.76 bits per heavy atom. The summed E-state index contributed by atoms with van der Waals surface area (Å²) < 4.78 is 38.4. The Bertz CT molecular complexity index is 1460. The number of nitrogens with zero attached hydrogens (tertiary/aromatic N) is 5. The van der Waals surface area contributed by atoms with Gasteiger partial charge in [0.25, 0.3) is 5.56 Å². The number of halogens is 2. The molecule has 3 aromatic rings. The number of fused-ring (bicyclic) bond motifs is 2. The zero-order valence-electron chi connectivity index (χ0n) is 20.4. The SMILES string of the molecule is CN(c1cc(=O)n(C)c2ccc(C#N)nc12)C1CCC(/C(=N/OC(F)F)c2cccc3c2OCO3)CC1. The molecule has 0 unspecified atom stereocenters. The van der Waals surface area contributed by atoms with E-state index in [1.165, 1.54) is 10.6 Å². The average molecular weight is 510 g/mol. The van der Waals surface area contributed by atoms with E-state index in [-0.39, 0.29) is 30.0 Å². The fourth-order valence-electron chi connectivity index (χ4n) is 5.15. The lowest BCUT2D eigenvalue weighted by molar-refractivity contribution is -0.128. The van der Waals surface area contributed by atoms with Crippen LogP contribution in [0, 0.1) is 17.2 Å². The zero-order valence-corrected chi connectivity index (χ0v) is 20.4. The van der Waals surface area contributed by atoms with Crippen LogP contribution in [0.5, 0.6) is 11.5 Å². The zero-order chi connectivity index (χ0) is 26.1.